The van der Waals surface area contributed by atoms with Gasteiger partial charge >= 0.3 is 0 Å². The third-order valence-corrected chi connectivity index (χ3v) is 3.97. The predicted octanol–water partition coefficient (Wildman–Crippen LogP) is 4.02. The highest BCUT2D eigenvalue weighted by molar-refractivity contribution is 5.60. The van der Waals surface area contributed by atoms with E-state index in [2.05, 4.69) is 21.8 Å². The minimum absolute atomic E-state index is 0.190. The Balaban J connectivity index is 0.000000730. The second-order valence-corrected chi connectivity index (χ2v) is 5.38. The van der Waals surface area contributed by atoms with Gasteiger partial charge in [0.1, 0.15) is 0 Å². The van der Waals surface area contributed by atoms with Crippen molar-refractivity contribution in [1.29, 1.82) is 0 Å². The molecule has 1 unspecified atom stereocenters. The van der Waals surface area contributed by atoms with Gasteiger partial charge in [-0.2, -0.15) is 0 Å². The van der Waals surface area contributed by atoms with Gasteiger partial charge in [-0.05, 0) is 25.8 Å². The number of hydrogen-bond acceptors (Lipinski definition) is 4. The molecule has 0 N–H and O–H groups in total. The van der Waals surface area contributed by atoms with Crippen LogP contribution < -0.4 is 10.5 Å². The van der Waals surface area contributed by atoms with Crippen LogP contribution in [0.1, 0.15) is 47.5 Å². The first-order valence-corrected chi connectivity index (χ1v) is 9.02. The first-order chi connectivity index (χ1) is 12.1. The van der Waals surface area contributed by atoms with Crippen LogP contribution in [0.3, 0.4) is 0 Å². The van der Waals surface area contributed by atoms with Crippen molar-refractivity contribution >= 4 is 5.95 Å². The van der Waals surface area contributed by atoms with E-state index in [4.69, 9.17) is 0 Å². The molecule has 0 spiro atoms. The van der Waals surface area contributed by atoms with Crippen molar-refractivity contribution in [3.63, 3.8) is 0 Å². The quantitative estimate of drug-likeness (QED) is 0.822. The van der Waals surface area contributed by atoms with E-state index in [9.17, 15) is 9.18 Å². The van der Waals surface area contributed by atoms with Gasteiger partial charge < -0.3 is 4.90 Å². The van der Waals surface area contributed by atoms with Crippen LogP contribution in [0.15, 0.2) is 29.3 Å². The largest absolute Gasteiger partial charge is 0.339 e. The highest BCUT2D eigenvalue weighted by Gasteiger charge is 2.24. The van der Waals surface area contributed by atoms with E-state index >= 15 is 0 Å². The van der Waals surface area contributed by atoms with Gasteiger partial charge in [-0.15, -0.1) is 0 Å². The van der Waals surface area contributed by atoms with Crippen molar-refractivity contribution in [2.24, 2.45) is 7.05 Å². The molecule has 1 fully saturated rings. The van der Waals surface area contributed by atoms with Gasteiger partial charge in [0.05, 0.1) is 11.9 Å². The molecule has 3 heterocycles. The monoisotopic (exact) mass is 348 g/mol. The van der Waals surface area contributed by atoms with Crippen LogP contribution in [-0.4, -0.2) is 27.1 Å². The molecule has 0 aromatic carbocycles. The van der Waals surface area contributed by atoms with Crippen LogP contribution in [0.4, 0.5) is 10.3 Å². The molecule has 138 valence electrons. The summed E-state index contributed by atoms with van der Waals surface area (Å²) in [6.45, 7) is 11.0. The number of anilines is 1. The summed E-state index contributed by atoms with van der Waals surface area (Å²) in [7, 11) is 1.70. The number of halogens is 1. The molecule has 3 rings (SSSR count). The third kappa shape index (κ3) is 4.65. The Kier molecular flexibility index (Phi) is 8.25. The molecule has 1 aliphatic heterocycles. The number of aromatic nitrogens is 3. The predicted molar refractivity (Wildman–Crippen MR) is 101 cm³/mol. The van der Waals surface area contributed by atoms with E-state index in [0.29, 0.717) is 23.2 Å². The summed E-state index contributed by atoms with van der Waals surface area (Å²) in [4.78, 5) is 22.5. The summed E-state index contributed by atoms with van der Waals surface area (Å²) in [5.74, 6) is 0.123. The Morgan fingerprint density at radius 3 is 2.48 bits per heavy atom. The summed E-state index contributed by atoms with van der Waals surface area (Å²) in [6.07, 6.45) is 4.77. The van der Waals surface area contributed by atoms with Gasteiger partial charge in [0.15, 0.2) is 5.82 Å². The molecular weight excluding hydrogens is 319 g/mol. The Morgan fingerprint density at radius 2 is 1.92 bits per heavy atom. The fraction of sp³-hybridized carbons (Fsp3) is 0.526. The zero-order valence-electron chi connectivity index (χ0n) is 16.1. The average molecular weight is 348 g/mol. The highest BCUT2D eigenvalue weighted by atomic mass is 19.1. The molecule has 1 saturated heterocycles. The summed E-state index contributed by atoms with van der Waals surface area (Å²) in [6, 6.07) is 3.23. The van der Waals surface area contributed by atoms with Crippen molar-refractivity contribution in [2.45, 2.75) is 53.5 Å². The molecular formula is C19H29FN4O. The molecule has 0 amide bonds. The van der Waals surface area contributed by atoms with Crippen molar-refractivity contribution in [3.8, 4) is 11.3 Å². The van der Waals surface area contributed by atoms with Gasteiger partial charge in [-0.3, -0.25) is 14.3 Å². The van der Waals surface area contributed by atoms with E-state index in [0.717, 1.165) is 25.6 Å². The number of pyridine rings is 1. The van der Waals surface area contributed by atoms with Crippen molar-refractivity contribution in [1.82, 2.24) is 14.5 Å². The van der Waals surface area contributed by atoms with Crippen LogP contribution in [0.2, 0.25) is 0 Å². The van der Waals surface area contributed by atoms with Gasteiger partial charge in [0.2, 0.25) is 5.95 Å². The normalized spacial score (nSPS) is 15.8. The van der Waals surface area contributed by atoms with Gasteiger partial charge in [0, 0.05) is 37.5 Å². The standard InChI is InChI=1S/C15H17FN4O.2C2H6/c1-10-4-3-7-20(10)15-18-13(8-14(21)19(15)2)11-5-6-17-9-12(11)16;2*1-2/h5-6,8-10H,3-4,7H2,1-2H3;2*1-2H3. The van der Waals surface area contributed by atoms with Crippen molar-refractivity contribution in [3.05, 3.63) is 40.7 Å². The van der Waals surface area contributed by atoms with Gasteiger partial charge in [0.25, 0.3) is 5.56 Å². The fourth-order valence-electron chi connectivity index (χ4n) is 2.74. The molecule has 2 aromatic rings. The van der Waals surface area contributed by atoms with Crippen LogP contribution in [0, 0.1) is 5.82 Å². The molecule has 6 heteroatoms. The van der Waals surface area contributed by atoms with E-state index in [1.54, 1.807) is 7.05 Å². The smallest absolute Gasteiger partial charge is 0.255 e. The Labute approximate surface area is 149 Å². The highest BCUT2D eigenvalue weighted by Crippen LogP contribution is 2.25. The minimum Gasteiger partial charge on any atom is -0.339 e. The van der Waals surface area contributed by atoms with Crippen LogP contribution in [-0.2, 0) is 7.05 Å². The molecule has 0 radical (unpaired) electrons. The lowest BCUT2D eigenvalue weighted by Crippen LogP contribution is -2.33. The molecule has 1 atom stereocenters. The lowest BCUT2D eigenvalue weighted by molar-refractivity contribution is 0.623. The second kappa shape index (κ2) is 9.91. The lowest BCUT2D eigenvalue weighted by atomic mass is 10.2. The van der Waals surface area contributed by atoms with Gasteiger partial charge in [-0.1, -0.05) is 27.7 Å². The first-order valence-electron chi connectivity index (χ1n) is 9.02. The lowest BCUT2D eigenvalue weighted by Gasteiger charge is -2.24. The molecule has 2 aromatic heterocycles. The summed E-state index contributed by atoms with van der Waals surface area (Å²) < 4.78 is 15.4. The topological polar surface area (TPSA) is 51.0 Å². The second-order valence-electron chi connectivity index (χ2n) is 5.38. The maximum Gasteiger partial charge on any atom is 0.255 e. The van der Waals surface area contributed by atoms with Crippen LogP contribution >= 0.6 is 0 Å². The zero-order chi connectivity index (χ0) is 19.0. The first kappa shape index (κ1) is 20.8. The molecule has 0 bridgehead atoms. The molecule has 25 heavy (non-hydrogen) atoms. The van der Waals surface area contributed by atoms with E-state index in [1.807, 2.05) is 27.7 Å². The van der Waals surface area contributed by atoms with E-state index in [1.165, 1.54) is 22.9 Å². The van der Waals surface area contributed by atoms with Crippen LogP contribution in [0.5, 0.6) is 0 Å². The molecule has 0 aliphatic carbocycles. The third-order valence-electron chi connectivity index (χ3n) is 3.97. The Morgan fingerprint density at radius 1 is 1.24 bits per heavy atom. The zero-order valence-corrected chi connectivity index (χ0v) is 16.1. The molecule has 1 aliphatic rings. The maximum absolute atomic E-state index is 13.9. The van der Waals surface area contributed by atoms with Crippen molar-refractivity contribution in [2.75, 3.05) is 11.4 Å². The van der Waals surface area contributed by atoms with E-state index in [-0.39, 0.29) is 5.56 Å². The summed E-state index contributed by atoms with van der Waals surface area (Å²) in [5, 5.41) is 0. The molecule has 0 saturated carbocycles. The summed E-state index contributed by atoms with van der Waals surface area (Å²) >= 11 is 0. The van der Waals surface area contributed by atoms with Crippen molar-refractivity contribution < 1.29 is 4.39 Å². The fourth-order valence-corrected chi connectivity index (χ4v) is 2.74. The van der Waals surface area contributed by atoms with E-state index < -0.39 is 5.82 Å². The number of hydrogen-bond donors (Lipinski definition) is 0. The van der Waals surface area contributed by atoms with Crippen LogP contribution in [0.25, 0.3) is 11.3 Å². The SMILES string of the molecule is CC.CC.CC1CCCN1c1nc(-c2ccncc2F)cc(=O)n1C. The van der Waals surface area contributed by atoms with Gasteiger partial charge in [-0.25, -0.2) is 9.37 Å². The average Bonchev–Trinajstić information content (AvgIpc) is 3.07. The number of nitrogens with zero attached hydrogens (tertiary/aromatic N) is 4. The molecule has 5 nitrogen and oxygen atoms in total. The maximum atomic E-state index is 13.9. The Hall–Kier alpha value is -2.24. The minimum atomic E-state index is -0.473. The number of rotatable bonds is 2. The summed E-state index contributed by atoms with van der Waals surface area (Å²) in [5.41, 5.74) is 0.466. The Bertz CT molecular complexity index is 730.